The molecule has 0 aliphatic carbocycles. The van der Waals surface area contributed by atoms with Crippen molar-refractivity contribution in [2.24, 2.45) is 0 Å². The van der Waals surface area contributed by atoms with Gasteiger partial charge in [-0.05, 0) is 12.1 Å². The second-order valence-corrected chi connectivity index (χ2v) is 4.78. The number of pyridine rings is 1. The van der Waals surface area contributed by atoms with E-state index in [4.69, 9.17) is 32.7 Å². The Kier molecular flexibility index (Phi) is 3.38. The predicted octanol–water partition coefficient (Wildman–Crippen LogP) is 3.37. The fourth-order valence-electron chi connectivity index (χ4n) is 1.73. The normalized spacial score (nSPS) is 12.3. The van der Waals surface area contributed by atoms with E-state index >= 15 is 0 Å². The molecule has 0 radical (unpaired) electrons. The Morgan fingerprint density at radius 3 is 2.70 bits per heavy atom. The summed E-state index contributed by atoms with van der Waals surface area (Å²) in [5, 5.41) is 3.25. The molecule has 3 rings (SSSR count). The van der Waals surface area contributed by atoms with Crippen molar-refractivity contribution in [3.8, 4) is 11.5 Å². The van der Waals surface area contributed by atoms with Crippen LogP contribution < -0.4 is 14.8 Å². The van der Waals surface area contributed by atoms with Crippen LogP contribution in [0.2, 0.25) is 10.2 Å². The fourth-order valence-corrected chi connectivity index (χ4v) is 2.10. The van der Waals surface area contributed by atoms with E-state index in [0.717, 1.165) is 0 Å². The van der Waals surface area contributed by atoms with E-state index in [-0.39, 0.29) is 17.6 Å². The van der Waals surface area contributed by atoms with E-state index in [2.05, 4.69) is 10.3 Å². The zero-order chi connectivity index (χ0) is 14.1. The Labute approximate surface area is 124 Å². The lowest BCUT2D eigenvalue weighted by molar-refractivity contribution is 0.102. The van der Waals surface area contributed by atoms with Gasteiger partial charge in [-0.3, -0.25) is 4.79 Å². The number of carbonyl (C=O) groups is 1. The van der Waals surface area contributed by atoms with Crippen molar-refractivity contribution < 1.29 is 14.3 Å². The molecular weight excluding hydrogens is 303 g/mol. The van der Waals surface area contributed by atoms with Gasteiger partial charge in [0.05, 0.1) is 10.7 Å². The molecule has 2 heterocycles. The Hall–Kier alpha value is -1.98. The molecule has 0 atom stereocenters. The summed E-state index contributed by atoms with van der Waals surface area (Å²) in [5.74, 6) is 0.672. The average molecular weight is 311 g/mol. The van der Waals surface area contributed by atoms with Crippen LogP contribution in [0.4, 0.5) is 5.69 Å². The van der Waals surface area contributed by atoms with Crippen molar-refractivity contribution >= 4 is 34.8 Å². The first-order chi connectivity index (χ1) is 9.63. The standard InChI is InChI=1S/C13H8Cl2N2O3/c14-7-4-10-11(20-6-19-10)5-9(7)17-13(18)8-2-1-3-12(15)16-8/h1-5H,6H2,(H,17,18). The lowest BCUT2D eigenvalue weighted by atomic mass is 10.2. The van der Waals surface area contributed by atoms with Crippen LogP contribution in [0.3, 0.4) is 0 Å². The zero-order valence-corrected chi connectivity index (χ0v) is 11.5. The maximum atomic E-state index is 12.1. The van der Waals surface area contributed by atoms with Gasteiger partial charge in [0.1, 0.15) is 10.8 Å². The molecule has 0 spiro atoms. The van der Waals surface area contributed by atoms with Crippen LogP contribution in [0, 0.1) is 0 Å². The highest BCUT2D eigenvalue weighted by Gasteiger charge is 2.18. The summed E-state index contributed by atoms with van der Waals surface area (Å²) >= 11 is 11.8. The molecule has 0 unspecified atom stereocenters. The maximum absolute atomic E-state index is 12.1. The van der Waals surface area contributed by atoms with Crippen molar-refractivity contribution in [3.05, 3.63) is 46.2 Å². The molecule has 102 valence electrons. The van der Waals surface area contributed by atoms with Gasteiger partial charge >= 0.3 is 0 Å². The highest BCUT2D eigenvalue weighted by atomic mass is 35.5. The number of hydrogen-bond donors (Lipinski definition) is 1. The minimum Gasteiger partial charge on any atom is -0.454 e. The highest BCUT2D eigenvalue weighted by molar-refractivity contribution is 6.34. The van der Waals surface area contributed by atoms with Crippen LogP contribution >= 0.6 is 23.2 Å². The third-order valence-corrected chi connectivity index (χ3v) is 3.18. The van der Waals surface area contributed by atoms with Crippen molar-refractivity contribution in [2.75, 3.05) is 12.1 Å². The molecule has 1 amide bonds. The average Bonchev–Trinajstić information content (AvgIpc) is 2.86. The van der Waals surface area contributed by atoms with Gasteiger partial charge in [0, 0.05) is 12.1 Å². The number of halogens is 2. The van der Waals surface area contributed by atoms with E-state index in [1.54, 1.807) is 30.3 Å². The summed E-state index contributed by atoms with van der Waals surface area (Å²) in [7, 11) is 0. The molecule has 1 aliphatic rings. The van der Waals surface area contributed by atoms with E-state index in [1.807, 2.05) is 0 Å². The van der Waals surface area contributed by atoms with Gasteiger partial charge < -0.3 is 14.8 Å². The third kappa shape index (κ3) is 2.50. The molecule has 1 N–H and O–H groups in total. The minimum atomic E-state index is -0.409. The van der Waals surface area contributed by atoms with Crippen LogP contribution in [0.5, 0.6) is 11.5 Å². The van der Waals surface area contributed by atoms with E-state index in [1.165, 1.54) is 0 Å². The Morgan fingerprint density at radius 1 is 1.20 bits per heavy atom. The number of rotatable bonds is 2. The Bertz CT molecular complexity index is 691. The Balaban J connectivity index is 1.86. The van der Waals surface area contributed by atoms with Crippen LogP contribution in [-0.4, -0.2) is 17.7 Å². The summed E-state index contributed by atoms with van der Waals surface area (Å²) in [4.78, 5) is 16.0. The third-order valence-electron chi connectivity index (χ3n) is 2.66. The minimum absolute atomic E-state index is 0.138. The van der Waals surface area contributed by atoms with Gasteiger partial charge in [0.25, 0.3) is 5.91 Å². The summed E-state index contributed by atoms with van der Waals surface area (Å²) < 4.78 is 10.4. The second-order valence-electron chi connectivity index (χ2n) is 3.98. The van der Waals surface area contributed by atoms with Gasteiger partial charge in [-0.1, -0.05) is 29.3 Å². The number of amides is 1. The highest BCUT2D eigenvalue weighted by Crippen LogP contribution is 2.39. The van der Waals surface area contributed by atoms with Gasteiger partial charge in [0.15, 0.2) is 11.5 Å². The summed E-state index contributed by atoms with van der Waals surface area (Å²) in [6.45, 7) is 0.138. The quantitative estimate of drug-likeness (QED) is 0.864. The largest absolute Gasteiger partial charge is 0.454 e. The lowest BCUT2D eigenvalue weighted by Crippen LogP contribution is -2.13. The number of ether oxygens (including phenoxy) is 2. The molecule has 0 saturated carbocycles. The number of nitrogens with one attached hydrogen (secondary N) is 1. The van der Waals surface area contributed by atoms with Crippen LogP contribution in [0.1, 0.15) is 10.5 Å². The molecule has 2 aromatic rings. The van der Waals surface area contributed by atoms with Gasteiger partial charge in [0.2, 0.25) is 6.79 Å². The lowest BCUT2D eigenvalue weighted by Gasteiger charge is -2.08. The fraction of sp³-hybridized carbons (Fsp3) is 0.0769. The molecule has 0 saturated heterocycles. The molecule has 5 nitrogen and oxygen atoms in total. The predicted molar refractivity (Wildman–Crippen MR) is 74.8 cm³/mol. The monoisotopic (exact) mass is 310 g/mol. The van der Waals surface area contributed by atoms with Gasteiger partial charge in [-0.2, -0.15) is 0 Å². The molecule has 7 heteroatoms. The first-order valence-corrected chi connectivity index (χ1v) is 6.42. The molecule has 1 aromatic carbocycles. The SMILES string of the molecule is O=C(Nc1cc2c(cc1Cl)OCO2)c1cccc(Cl)n1. The first kappa shape index (κ1) is 13.0. The van der Waals surface area contributed by atoms with Crippen LogP contribution in [-0.2, 0) is 0 Å². The van der Waals surface area contributed by atoms with E-state index in [0.29, 0.717) is 22.2 Å². The van der Waals surface area contributed by atoms with Crippen LogP contribution in [0.15, 0.2) is 30.3 Å². The smallest absolute Gasteiger partial charge is 0.274 e. The van der Waals surface area contributed by atoms with Crippen LogP contribution in [0.25, 0.3) is 0 Å². The molecular formula is C13H8Cl2N2O3. The molecule has 0 fully saturated rings. The van der Waals surface area contributed by atoms with E-state index in [9.17, 15) is 4.79 Å². The van der Waals surface area contributed by atoms with Crippen molar-refractivity contribution in [3.63, 3.8) is 0 Å². The number of nitrogens with zero attached hydrogens (tertiary/aromatic N) is 1. The molecule has 20 heavy (non-hydrogen) atoms. The summed E-state index contributed by atoms with van der Waals surface area (Å²) in [6.07, 6.45) is 0. The van der Waals surface area contributed by atoms with Crippen molar-refractivity contribution in [1.82, 2.24) is 4.98 Å². The second kappa shape index (κ2) is 5.19. The number of aromatic nitrogens is 1. The van der Waals surface area contributed by atoms with Crippen molar-refractivity contribution in [2.45, 2.75) is 0 Å². The summed E-state index contributed by atoms with van der Waals surface area (Å²) in [5.41, 5.74) is 0.619. The van der Waals surface area contributed by atoms with Gasteiger partial charge in [-0.15, -0.1) is 0 Å². The maximum Gasteiger partial charge on any atom is 0.274 e. The number of benzene rings is 1. The number of fused-ring (bicyclic) bond motifs is 1. The Morgan fingerprint density at radius 2 is 1.95 bits per heavy atom. The molecule has 1 aromatic heterocycles. The van der Waals surface area contributed by atoms with Crippen molar-refractivity contribution in [1.29, 1.82) is 0 Å². The molecule has 0 bridgehead atoms. The topological polar surface area (TPSA) is 60.5 Å². The zero-order valence-electron chi connectivity index (χ0n) is 10.0. The molecule has 1 aliphatic heterocycles. The van der Waals surface area contributed by atoms with E-state index < -0.39 is 5.91 Å². The first-order valence-electron chi connectivity index (χ1n) is 5.66. The number of carbonyl (C=O) groups excluding carboxylic acids is 1. The van der Waals surface area contributed by atoms with Gasteiger partial charge in [-0.25, -0.2) is 4.98 Å². The summed E-state index contributed by atoms with van der Waals surface area (Å²) in [6, 6.07) is 7.98. The number of hydrogen-bond acceptors (Lipinski definition) is 4. The number of anilines is 1.